The van der Waals surface area contributed by atoms with Crippen molar-refractivity contribution in [2.45, 2.75) is 108 Å². The Balaban J connectivity index is 0.000000188. The minimum Gasteiger partial charge on any atom is -0.497 e. The van der Waals surface area contributed by atoms with Crippen LogP contribution >= 0.6 is 0 Å². The maximum absolute atomic E-state index is 13.8. The summed E-state index contributed by atoms with van der Waals surface area (Å²) in [6, 6.07) is 70.4. The number of unbranched alkanes of at least 4 members (excludes halogenated alkanes) is 1. The predicted molar refractivity (Wildman–Crippen MR) is 444 cm³/mol. The lowest BCUT2D eigenvalue weighted by Gasteiger charge is -2.30. The molecule has 4 N–H and O–H groups in total. The number of likely N-dealkylation sites (N-methyl/N-ethyl adjacent to an activating group) is 3. The summed E-state index contributed by atoms with van der Waals surface area (Å²) in [7, 11) is 14.9. The van der Waals surface area contributed by atoms with Gasteiger partial charge in [-0.15, -0.1) is 0 Å². The van der Waals surface area contributed by atoms with E-state index in [2.05, 4.69) is 31.4 Å². The van der Waals surface area contributed by atoms with Crippen LogP contribution in [0, 0.1) is 23.7 Å². The molecule has 0 spiro atoms. The molecule has 0 aliphatic carbocycles. The standard InChI is InChI=1S/C32H43N3O7.3C14H19NO3.3C6H6/c1-4-5-15-34(16-7-14-33(2)3)29(36)19-35-18-24(23-11-13-26-28(17-23)41-20-39-26)30(32(37)38)25(35)12-10-22-8-6-9-27-31(22)42-21-40-27;3*1-9-13(14(16)17)12(8-15(9)2)10-4-6-11(18-3)7-5-10;3*1-2-4-6-5-3-1/h6,8-9,11,13,17,24-25,30H,4-5,7,10,12,14-16,18-21H2,1-3H3,(H,37,38);3*4-7,9,12-13H,8H2,1-3H3,(H,16,17);3*1-6H/t24-,25+,30-;3*9-,12+,13-;;;/m1000.../s1. The predicted octanol–water partition coefficient (Wildman–Crippen LogP) is 14.3. The number of nitrogens with zero attached hydrogens (tertiary/aromatic N) is 6. The molecular weight excluding hydrogens is 1450 g/mol. The van der Waals surface area contributed by atoms with Crippen molar-refractivity contribution in [1.29, 1.82) is 0 Å². The minimum absolute atomic E-state index is 0.0495. The first-order valence-corrected chi connectivity index (χ1v) is 39.4. The molecule has 0 radical (unpaired) electrons. The summed E-state index contributed by atoms with van der Waals surface area (Å²) in [6.07, 6.45) is 4.02. The van der Waals surface area contributed by atoms with Gasteiger partial charge in [-0.05, 0) is 171 Å². The number of aliphatic carboxylic acids is 4. The second-order valence-corrected chi connectivity index (χ2v) is 29.9. The molecule has 8 aromatic rings. The number of carbonyl (C=O) groups is 5. The minimum atomic E-state index is -0.857. The van der Waals surface area contributed by atoms with E-state index < -0.39 is 29.8 Å². The first kappa shape index (κ1) is 89.1. The van der Waals surface area contributed by atoms with E-state index in [1.165, 1.54) is 0 Å². The van der Waals surface area contributed by atoms with E-state index in [0.29, 0.717) is 49.7 Å². The Hall–Kier alpha value is -10.5. The Labute approximate surface area is 673 Å². The molecule has 12 atom stereocenters. The number of rotatable bonds is 23. The van der Waals surface area contributed by atoms with E-state index in [9.17, 15) is 44.4 Å². The van der Waals surface area contributed by atoms with Gasteiger partial charge in [-0.25, -0.2) is 0 Å². The second-order valence-electron chi connectivity index (χ2n) is 29.9. The van der Waals surface area contributed by atoms with Crippen molar-refractivity contribution >= 4 is 29.8 Å². The van der Waals surface area contributed by atoms with Crippen LogP contribution in [0.3, 0.4) is 0 Å². The third kappa shape index (κ3) is 25.3. The lowest BCUT2D eigenvalue weighted by molar-refractivity contribution is -0.144. The Kier molecular flexibility index (Phi) is 35.5. The highest BCUT2D eigenvalue weighted by atomic mass is 16.7. The van der Waals surface area contributed by atoms with Gasteiger partial charge >= 0.3 is 23.9 Å². The molecule has 4 fully saturated rings. The maximum Gasteiger partial charge on any atom is 0.308 e. The molecule has 6 aliphatic heterocycles. The third-order valence-electron chi connectivity index (χ3n) is 22.4. The Bertz CT molecular complexity index is 3830. The molecule has 6 heterocycles. The van der Waals surface area contributed by atoms with Gasteiger partial charge < -0.3 is 78.1 Å². The number of fused-ring (bicyclic) bond motifs is 2. The molecule has 4 saturated heterocycles. The number of carboxylic acids is 4. The molecule has 0 saturated carbocycles. The zero-order valence-corrected chi connectivity index (χ0v) is 68.2. The van der Waals surface area contributed by atoms with Crippen LogP contribution in [0.25, 0.3) is 0 Å². The molecule has 0 unspecified atom stereocenters. The molecule has 612 valence electrons. The van der Waals surface area contributed by atoms with Gasteiger partial charge in [0.1, 0.15) is 17.2 Å². The average Bonchev–Trinajstić information content (AvgIpc) is 1.67. The lowest BCUT2D eigenvalue weighted by Crippen LogP contribution is -2.45. The van der Waals surface area contributed by atoms with Crippen LogP contribution in [-0.2, 0) is 30.4 Å². The fourth-order valence-electron chi connectivity index (χ4n) is 15.8. The van der Waals surface area contributed by atoms with Crippen molar-refractivity contribution in [3.8, 4) is 40.2 Å². The third-order valence-corrected chi connectivity index (χ3v) is 22.4. The van der Waals surface area contributed by atoms with Crippen LogP contribution in [0.15, 0.2) is 218 Å². The van der Waals surface area contributed by atoms with Gasteiger partial charge in [-0.2, -0.15) is 0 Å². The summed E-state index contributed by atoms with van der Waals surface area (Å²) < 4.78 is 37.7. The number of methoxy groups -OCH3 is 3. The Morgan fingerprint density at radius 3 is 1.16 bits per heavy atom. The number of hydrogen-bond donors (Lipinski definition) is 4. The first-order chi connectivity index (χ1) is 55.0. The molecule has 14 rings (SSSR count). The molecule has 0 bridgehead atoms. The van der Waals surface area contributed by atoms with E-state index in [4.69, 9.17) is 33.2 Å². The van der Waals surface area contributed by atoms with Crippen molar-refractivity contribution in [2.24, 2.45) is 23.7 Å². The van der Waals surface area contributed by atoms with Gasteiger partial charge in [-0.1, -0.05) is 177 Å². The van der Waals surface area contributed by atoms with Gasteiger partial charge in [0.15, 0.2) is 23.0 Å². The van der Waals surface area contributed by atoms with Gasteiger partial charge in [0.25, 0.3) is 0 Å². The van der Waals surface area contributed by atoms with Crippen molar-refractivity contribution in [3.05, 3.63) is 246 Å². The highest BCUT2D eigenvalue weighted by molar-refractivity contribution is 5.79. The molecule has 1 amide bonds. The summed E-state index contributed by atoms with van der Waals surface area (Å²) in [5, 5.41) is 38.7. The zero-order valence-electron chi connectivity index (χ0n) is 68.2. The fraction of sp³-hybridized carbons (Fsp3) is 0.424. The molecule has 22 nitrogen and oxygen atoms in total. The number of hydrogen-bond acceptors (Lipinski definition) is 17. The number of carboxylic acid groups (broad SMARTS) is 4. The van der Waals surface area contributed by atoms with Crippen LogP contribution in [0.1, 0.15) is 105 Å². The topological polar surface area (TPSA) is 250 Å². The van der Waals surface area contributed by atoms with Crippen LogP contribution in [0.4, 0.5) is 0 Å². The van der Waals surface area contributed by atoms with E-state index in [1.54, 1.807) is 21.3 Å². The van der Waals surface area contributed by atoms with E-state index >= 15 is 0 Å². The van der Waals surface area contributed by atoms with Crippen LogP contribution in [0.5, 0.6) is 40.2 Å². The van der Waals surface area contributed by atoms with Crippen molar-refractivity contribution < 1.29 is 77.6 Å². The van der Waals surface area contributed by atoms with Gasteiger partial charge in [0, 0.05) is 87.1 Å². The summed E-state index contributed by atoms with van der Waals surface area (Å²) in [5.41, 5.74) is 5.08. The second kappa shape index (κ2) is 45.4. The number of ether oxygens (including phenoxy) is 7. The normalized spacial score (nSPS) is 22.3. The number of amides is 1. The van der Waals surface area contributed by atoms with Crippen molar-refractivity contribution in [1.82, 2.24) is 29.4 Å². The summed E-state index contributed by atoms with van der Waals surface area (Å²) >= 11 is 0. The Morgan fingerprint density at radius 2 is 0.781 bits per heavy atom. The molecule has 8 aromatic carbocycles. The quantitative estimate of drug-likeness (QED) is 0.0464. The van der Waals surface area contributed by atoms with Gasteiger partial charge in [0.05, 0.1) is 51.5 Å². The maximum atomic E-state index is 13.8. The highest BCUT2D eigenvalue weighted by Crippen LogP contribution is 2.45. The zero-order chi connectivity index (χ0) is 82.2. The average molecular weight is 1560 g/mol. The number of benzene rings is 8. The number of para-hydroxylation sites is 1. The van der Waals surface area contributed by atoms with Gasteiger partial charge in [-0.3, -0.25) is 28.9 Å². The van der Waals surface area contributed by atoms with E-state index in [0.717, 1.165) is 96.3 Å². The van der Waals surface area contributed by atoms with Crippen molar-refractivity contribution in [3.63, 3.8) is 0 Å². The molecular formula is C92H118N6O16. The SMILES string of the molecule is CCCCN(CCCN(C)C)C(=O)CN1C[C@H](c2ccc3c(c2)OCO3)[C@@H](C(=O)O)[C@@H]1CCc1cccc2c1OCO2.COc1ccc([C@H]2CN(C)[C@@H](C)[C@@H]2C(=O)O)cc1.COc1ccc([C@H]2CN(C)[C@@H](C)[C@@H]2C(=O)O)cc1.COc1ccc([C@H]2CN(C)[C@@H](C)[C@@H]2C(=O)O)cc1.c1ccccc1.c1ccccc1.c1ccccc1. The number of aryl methyl sites for hydroxylation is 1. The number of likely N-dealkylation sites (tertiary alicyclic amines) is 4. The summed E-state index contributed by atoms with van der Waals surface area (Å²) in [5.74, 6) is 0.302. The van der Waals surface area contributed by atoms with Gasteiger partial charge in [0.2, 0.25) is 19.5 Å². The first-order valence-electron chi connectivity index (χ1n) is 39.4. The van der Waals surface area contributed by atoms with Crippen LogP contribution in [-0.4, -0.2) is 226 Å². The number of carbonyl (C=O) groups excluding carboxylic acids is 1. The van der Waals surface area contributed by atoms with Crippen molar-refractivity contribution in [2.75, 3.05) is 123 Å². The van der Waals surface area contributed by atoms with E-state index in [1.807, 2.05) is 279 Å². The molecule has 6 aliphatic rings. The summed E-state index contributed by atoms with van der Waals surface area (Å²) in [4.78, 5) is 73.4. The highest BCUT2D eigenvalue weighted by Gasteiger charge is 2.49. The molecule has 0 aromatic heterocycles. The summed E-state index contributed by atoms with van der Waals surface area (Å²) in [6.45, 7) is 13.7. The Morgan fingerprint density at radius 1 is 0.421 bits per heavy atom. The van der Waals surface area contributed by atoms with E-state index in [-0.39, 0.29) is 91.6 Å². The fourth-order valence-corrected chi connectivity index (χ4v) is 15.8. The molecule has 22 heteroatoms. The smallest absolute Gasteiger partial charge is 0.308 e. The molecule has 114 heavy (non-hydrogen) atoms. The largest absolute Gasteiger partial charge is 0.497 e. The van der Waals surface area contributed by atoms with Crippen LogP contribution < -0.4 is 33.2 Å². The van der Waals surface area contributed by atoms with Crippen LogP contribution in [0.2, 0.25) is 0 Å². The lowest BCUT2D eigenvalue weighted by atomic mass is 9.83. The monoisotopic (exact) mass is 1560 g/mol.